The van der Waals surface area contributed by atoms with E-state index >= 15 is 0 Å². The molecule has 0 aliphatic rings. The van der Waals surface area contributed by atoms with Gasteiger partial charge in [-0.3, -0.25) is 9.59 Å². The lowest BCUT2D eigenvalue weighted by atomic mass is 9.97. The van der Waals surface area contributed by atoms with Gasteiger partial charge in [0.2, 0.25) is 0 Å². The van der Waals surface area contributed by atoms with Gasteiger partial charge in [-0.1, -0.05) is 29.8 Å². The van der Waals surface area contributed by atoms with Gasteiger partial charge in [0.1, 0.15) is 5.69 Å². The van der Waals surface area contributed by atoms with Crippen LogP contribution in [0, 0.1) is 25.2 Å². The van der Waals surface area contributed by atoms with Crippen molar-refractivity contribution in [2.24, 2.45) is 0 Å². The van der Waals surface area contributed by atoms with Crippen LogP contribution in [0.15, 0.2) is 24.3 Å². The number of esters is 1. The lowest BCUT2D eigenvalue weighted by Gasteiger charge is -2.14. The number of likely N-dealkylation sites (N-methyl/N-ethyl adjacent to an activating group) is 1. The normalized spacial score (nSPS) is 10.2. The molecule has 0 unspecified atom stereocenters. The highest BCUT2D eigenvalue weighted by molar-refractivity contribution is 6.43. The van der Waals surface area contributed by atoms with Gasteiger partial charge >= 0.3 is 5.97 Å². The average Bonchev–Trinajstić information content (AvgIpc) is 3.02. The zero-order chi connectivity index (χ0) is 20.8. The summed E-state index contributed by atoms with van der Waals surface area (Å²) in [7, 11) is 1.46. The number of benzene rings is 1. The highest BCUT2D eigenvalue weighted by atomic mass is 16.5. The van der Waals surface area contributed by atoms with Crippen molar-refractivity contribution in [1.29, 1.82) is 5.26 Å². The Morgan fingerprint density at radius 3 is 2.39 bits per heavy atom. The number of aryl methyl sites for hydroxylation is 2. The van der Waals surface area contributed by atoms with Crippen LogP contribution >= 0.6 is 0 Å². The summed E-state index contributed by atoms with van der Waals surface area (Å²) >= 11 is 0. The fourth-order valence-corrected chi connectivity index (χ4v) is 2.86. The smallest absolute Gasteiger partial charge is 0.340 e. The first-order valence-electron chi connectivity index (χ1n) is 8.95. The number of hydrogen-bond donors (Lipinski definition) is 1. The monoisotopic (exact) mass is 381 g/mol. The summed E-state index contributed by atoms with van der Waals surface area (Å²) < 4.78 is 5.15. The second kappa shape index (κ2) is 9.00. The van der Waals surface area contributed by atoms with Gasteiger partial charge in [0.15, 0.2) is 0 Å². The minimum atomic E-state index is -0.769. The number of H-pyrrole nitrogens is 1. The van der Waals surface area contributed by atoms with Gasteiger partial charge in [0, 0.05) is 24.8 Å². The molecule has 1 aromatic heterocycles. The van der Waals surface area contributed by atoms with Crippen LogP contribution < -0.4 is 0 Å². The van der Waals surface area contributed by atoms with Crippen molar-refractivity contribution >= 4 is 17.7 Å². The molecule has 0 saturated carbocycles. The van der Waals surface area contributed by atoms with Crippen molar-refractivity contribution in [1.82, 2.24) is 9.88 Å². The molecular formula is C21H23N3O4. The van der Waals surface area contributed by atoms with Crippen LogP contribution in [-0.2, 0) is 9.53 Å². The third-order valence-corrected chi connectivity index (χ3v) is 4.33. The largest absolute Gasteiger partial charge is 0.462 e. The molecule has 146 valence electrons. The van der Waals surface area contributed by atoms with Crippen LogP contribution in [0.2, 0.25) is 0 Å². The van der Waals surface area contributed by atoms with Crippen molar-refractivity contribution in [2.45, 2.75) is 27.2 Å². The maximum atomic E-state index is 12.9. The van der Waals surface area contributed by atoms with Gasteiger partial charge in [-0.05, 0) is 26.3 Å². The van der Waals surface area contributed by atoms with Gasteiger partial charge in [-0.25, -0.2) is 4.79 Å². The molecular weight excluding hydrogens is 358 g/mol. The number of ketones is 1. The second-order valence-electron chi connectivity index (χ2n) is 6.43. The average molecular weight is 381 g/mol. The molecule has 0 aliphatic carbocycles. The van der Waals surface area contributed by atoms with E-state index in [-0.39, 0.29) is 30.8 Å². The molecule has 1 amide bonds. The van der Waals surface area contributed by atoms with E-state index in [1.165, 1.54) is 11.9 Å². The number of nitriles is 1. The van der Waals surface area contributed by atoms with Crippen molar-refractivity contribution in [3.8, 4) is 17.2 Å². The Morgan fingerprint density at radius 2 is 1.82 bits per heavy atom. The Kier molecular flexibility index (Phi) is 6.72. The van der Waals surface area contributed by atoms with Gasteiger partial charge in [-0.2, -0.15) is 5.26 Å². The summed E-state index contributed by atoms with van der Waals surface area (Å²) in [6, 6.07) is 9.25. The molecule has 7 nitrogen and oxygen atoms in total. The zero-order valence-corrected chi connectivity index (χ0v) is 16.5. The van der Waals surface area contributed by atoms with Crippen molar-refractivity contribution < 1.29 is 19.1 Å². The van der Waals surface area contributed by atoms with E-state index in [1.807, 2.05) is 25.1 Å². The summed E-state index contributed by atoms with van der Waals surface area (Å²) in [4.78, 5) is 42.0. The fraction of sp³-hybridized carbons (Fsp3) is 0.333. The maximum Gasteiger partial charge on any atom is 0.340 e. The molecule has 1 aromatic carbocycles. The van der Waals surface area contributed by atoms with Crippen molar-refractivity contribution in [2.75, 3.05) is 20.2 Å². The highest BCUT2D eigenvalue weighted by Gasteiger charge is 2.31. The van der Waals surface area contributed by atoms with Gasteiger partial charge in [0.25, 0.3) is 11.7 Å². The van der Waals surface area contributed by atoms with Crippen LogP contribution in [0.25, 0.3) is 11.1 Å². The highest BCUT2D eigenvalue weighted by Crippen LogP contribution is 2.32. The van der Waals surface area contributed by atoms with Gasteiger partial charge < -0.3 is 14.6 Å². The lowest BCUT2D eigenvalue weighted by molar-refractivity contribution is -0.125. The number of carbonyl (C=O) groups excluding carboxylic acids is 3. The Bertz CT molecular complexity index is 936. The number of carbonyl (C=O) groups is 3. The number of Topliss-reactive ketones (excluding diaryl/α,β-unsaturated/α-hetero) is 1. The van der Waals surface area contributed by atoms with Gasteiger partial charge in [-0.15, -0.1) is 0 Å². The summed E-state index contributed by atoms with van der Waals surface area (Å²) in [5.74, 6) is -2.08. The van der Waals surface area contributed by atoms with Crippen LogP contribution in [0.5, 0.6) is 0 Å². The molecule has 0 bridgehead atoms. The van der Waals surface area contributed by atoms with E-state index < -0.39 is 17.7 Å². The summed E-state index contributed by atoms with van der Waals surface area (Å²) in [5, 5.41) is 8.69. The number of nitrogens with one attached hydrogen (secondary N) is 1. The first-order valence-corrected chi connectivity index (χ1v) is 8.95. The standard InChI is InChI=1S/C21H23N3O4/c1-5-28-21(27)16-14(3)23-18(17(16)15-9-7-13(2)8-10-15)19(25)20(26)24(4)12-6-11-22/h7-10,23H,5-6,12H2,1-4H3. The third-order valence-electron chi connectivity index (χ3n) is 4.33. The minimum Gasteiger partial charge on any atom is -0.462 e. The first kappa shape index (κ1) is 20.9. The number of aromatic amines is 1. The Balaban J connectivity index is 2.58. The predicted octanol–water partition coefficient (Wildman–Crippen LogP) is 3.03. The van der Waals surface area contributed by atoms with E-state index in [4.69, 9.17) is 10.00 Å². The molecule has 0 saturated heterocycles. The number of rotatable bonds is 7. The maximum absolute atomic E-state index is 12.9. The van der Waals surface area contributed by atoms with Crippen molar-refractivity contribution in [3.63, 3.8) is 0 Å². The molecule has 0 fully saturated rings. The Labute approximate surface area is 163 Å². The van der Waals surface area contributed by atoms with Crippen LogP contribution in [0.3, 0.4) is 0 Å². The molecule has 0 aliphatic heterocycles. The topological polar surface area (TPSA) is 103 Å². The van der Waals surface area contributed by atoms with Crippen LogP contribution in [-0.4, -0.2) is 47.7 Å². The van der Waals surface area contributed by atoms with E-state index in [0.717, 1.165) is 5.56 Å². The van der Waals surface area contributed by atoms with E-state index in [0.29, 0.717) is 16.8 Å². The Morgan fingerprint density at radius 1 is 1.18 bits per heavy atom. The number of hydrogen-bond acceptors (Lipinski definition) is 5. The SMILES string of the molecule is CCOC(=O)c1c(C)[nH]c(C(=O)C(=O)N(C)CCC#N)c1-c1ccc(C)cc1. The molecule has 2 aromatic rings. The first-order chi connectivity index (χ1) is 13.3. The van der Waals surface area contributed by atoms with Crippen LogP contribution in [0.4, 0.5) is 0 Å². The number of amides is 1. The van der Waals surface area contributed by atoms with E-state index in [2.05, 4.69) is 4.98 Å². The van der Waals surface area contributed by atoms with E-state index in [9.17, 15) is 14.4 Å². The Hall–Kier alpha value is -3.40. The molecule has 7 heteroatoms. The number of aromatic nitrogens is 1. The van der Waals surface area contributed by atoms with E-state index in [1.54, 1.807) is 26.0 Å². The zero-order valence-electron chi connectivity index (χ0n) is 16.5. The van der Waals surface area contributed by atoms with Crippen LogP contribution in [0.1, 0.15) is 45.4 Å². The summed E-state index contributed by atoms with van der Waals surface area (Å²) in [6.07, 6.45) is 0.123. The molecule has 0 spiro atoms. The van der Waals surface area contributed by atoms with Crippen molar-refractivity contribution in [3.05, 3.63) is 46.8 Å². The molecule has 1 heterocycles. The third kappa shape index (κ3) is 4.29. The number of nitrogens with zero attached hydrogens (tertiary/aromatic N) is 2. The quantitative estimate of drug-likeness (QED) is 0.451. The molecule has 0 atom stereocenters. The lowest BCUT2D eigenvalue weighted by Crippen LogP contribution is -2.34. The summed E-state index contributed by atoms with van der Waals surface area (Å²) in [5.41, 5.74) is 2.73. The summed E-state index contributed by atoms with van der Waals surface area (Å²) in [6.45, 7) is 5.62. The predicted molar refractivity (Wildman–Crippen MR) is 104 cm³/mol. The molecule has 2 rings (SSSR count). The number of ether oxygens (including phenoxy) is 1. The molecule has 28 heavy (non-hydrogen) atoms. The molecule has 0 radical (unpaired) electrons. The second-order valence-corrected chi connectivity index (χ2v) is 6.43. The fourth-order valence-electron chi connectivity index (χ4n) is 2.86. The van der Waals surface area contributed by atoms with Gasteiger partial charge in [0.05, 0.1) is 24.7 Å². The minimum absolute atomic E-state index is 0.0400. The molecule has 1 N–H and O–H groups in total.